The number of hydrogen-bond donors (Lipinski definition) is 4. The van der Waals surface area contributed by atoms with E-state index in [-0.39, 0.29) is 43.8 Å². The van der Waals surface area contributed by atoms with Crippen LogP contribution < -0.4 is 10.6 Å². The first-order chi connectivity index (χ1) is 22.9. The van der Waals surface area contributed by atoms with Crippen molar-refractivity contribution in [2.24, 2.45) is 11.8 Å². The molecular weight excluding hydrogens is 590 g/mol. The molecule has 0 unspecified atom stereocenters. The number of allylic oxidation sites excluding steroid dienone is 2. The van der Waals surface area contributed by atoms with Crippen LogP contribution in [0.25, 0.3) is 10.9 Å². The summed E-state index contributed by atoms with van der Waals surface area (Å²) in [4.78, 5) is 43.3. The van der Waals surface area contributed by atoms with Gasteiger partial charge in [0.15, 0.2) is 0 Å². The molecule has 0 aliphatic carbocycles. The predicted molar refractivity (Wildman–Crippen MR) is 185 cm³/mol. The van der Waals surface area contributed by atoms with Gasteiger partial charge in [0.05, 0.1) is 30.5 Å². The normalized spacial score (nSPS) is 13.6. The summed E-state index contributed by atoms with van der Waals surface area (Å²) in [6.45, 7) is 7.35. The molecule has 4 N–H and O–H groups in total. The van der Waals surface area contributed by atoms with Crippen LogP contribution in [0, 0.1) is 11.8 Å². The Hall–Kier alpha value is -4.95. The smallest absolute Gasteiger partial charge is 0.309 e. The number of carbonyl (C=O) groups is 3. The summed E-state index contributed by atoms with van der Waals surface area (Å²) >= 11 is 0. The van der Waals surface area contributed by atoms with E-state index in [1.165, 1.54) is 0 Å². The number of esters is 1. The van der Waals surface area contributed by atoms with Crippen molar-refractivity contribution in [1.82, 2.24) is 15.6 Å². The highest BCUT2D eigenvalue weighted by atomic mass is 16.5. The third-order valence-electron chi connectivity index (χ3n) is 8.19. The van der Waals surface area contributed by atoms with Crippen LogP contribution in [0.1, 0.15) is 36.0 Å². The number of rotatable bonds is 19. The fourth-order valence-corrected chi connectivity index (χ4v) is 5.75. The fraction of sp³-hybridized carbons (Fsp3) is 0.308. The Labute approximate surface area is 276 Å². The molecule has 4 rings (SSSR count). The van der Waals surface area contributed by atoms with Gasteiger partial charge in [-0.25, -0.2) is 0 Å². The number of benzene rings is 3. The van der Waals surface area contributed by atoms with Crippen molar-refractivity contribution in [3.05, 3.63) is 133 Å². The Morgan fingerprint density at radius 2 is 1.38 bits per heavy atom. The van der Waals surface area contributed by atoms with Crippen LogP contribution in [0.2, 0.25) is 0 Å². The summed E-state index contributed by atoms with van der Waals surface area (Å²) in [6, 6.07) is 26.2. The monoisotopic (exact) mass is 635 g/mol. The van der Waals surface area contributed by atoms with Gasteiger partial charge in [-0.2, -0.15) is 0 Å². The van der Waals surface area contributed by atoms with Crippen LogP contribution in [0.5, 0.6) is 0 Å². The zero-order valence-electron chi connectivity index (χ0n) is 26.8. The molecule has 2 amide bonds. The Morgan fingerprint density at radius 3 is 2.04 bits per heavy atom. The van der Waals surface area contributed by atoms with Crippen LogP contribution in [0.15, 0.2) is 116 Å². The lowest BCUT2D eigenvalue weighted by Crippen LogP contribution is -2.45. The van der Waals surface area contributed by atoms with Crippen LogP contribution in [-0.4, -0.2) is 53.2 Å². The molecule has 8 heteroatoms. The van der Waals surface area contributed by atoms with Crippen LogP contribution in [-0.2, 0) is 38.4 Å². The third kappa shape index (κ3) is 10.8. The minimum Gasteiger partial charge on any atom is -0.463 e. The maximum atomic E-state index is 13.7. The lowest BCUT2D eigenvalue weighted by atomic mass is 9.96. The molecule has 0 spiro atoms. The van der Waals surface area contributed by atoms with Crippen molar-refractivity contribution < 1.29 is 24.2 Å². The SMILES string of the molecule is C=CC[C@@H](CC(=O)N[C@H](CO)Cc1ccccc1)C(=O)N[C@H](COC(=O)[C@@H](CC=C)Cc1ccccc1)Cc1c[nH]c2ccccc12. The molecule has 0 radical (unpaired) electrons. The molecule has 47 heavy (non-hydrogen) atoms. The van der Waals surface area contributed by atoms with E-state index < -0.39 is 23.9 Å². The Morgan fingerprint density at radius 1 is 0.766 bits per heavy atom. The average molecular weight is 636 g/mol. The molecule has 0 bridgehead atoms. The van der Waals surface area contributed by atoms with Gasteiger partial charge >= 0.3 is 5.97 Å². The zero-order chi connectivity index (χ0) is 33.4. The van der Waals surface area contributed by atoms with Gasteiger partial charge in [-0.1, -0.05) is 91.0 Å². The van der Waals surface area contributed by atoms with Crippen molar-refractivity contribution in [1.29, 1.82) is 0 Å². The van der Waals surface area contributed by atoms with E-state index in [0.717, 1.165) is 27.6 Å². The van der Waals surface area contributed by atoms with Crippen molar-refractivity contribution in [2.75, 3.05) is 13.2 Å². The topological polar surface area (TPSA) is 121 Å². The highest BCUT2D eigenvalue weighted by Gasteiger charge is 2.27. The van der Waals surface area contributed by atoms with Gasteiger partial charge in [0.25, 0.3) is 0 Å². The van der Waals surface area contributed by atoms with Gasteiger partial charge in [-0.15, -0.1) is 13.2 Å². The number of carbonyl (C=O) groups excluding carboxylic acids is 3. The van der Waals surface area contributed by atoms with Gasteiger partial charge < -0.3 is 25.5 Å². The second kappa shape index (κ2) is 18.3. The highest BCUT2D eigenvalue weighted by Crippen LogP contribution is 2.21. The highest BCUT2D eigenvalue weighted by molar-refractivity contribution is 5.87. The molecule has 3 aromatic carbocycles. The van der Waals surface area contributed by atoms with Crippen LogP contribution in [0.4, 0.5) is 0 Å². The molecule has 1 aromatic heterocycles. The summed E-state index contributed by atoms with van der Waals surface area (Å²) in [7, 11) is 0. The van der Waals surface area contributed by atoms with Crippen LogP contribution >= 0.6 is 0 Å². The number of hydrogen-bond acceptors (Lipinski definition) is 5. The second-order valence-electron chi connectivity index (χ2n) is 11.9. The number of H-pyrrole nitrogens is 1. The number of fused-ring (bicyclic) bond motifs is 1. The van der Waals surface area contributed by atoms with Gasteiger partial charge in [0.2, 0.25) is 11.8 Å². The molecule has 4 atom stereocenters. The Kier molecular flexibility index (Phi) is 13.6. The average Bonchev–Trinajstić information content (AvgIpc) is 3.49. The van der Waals surface area contributed by atoms with E-state index in [1.54, 1.807) is 12.2 Å². The van der Waals surface area contributed by atoms with E-state index in [1.807, 2.05) is 91.1 Å². The molecule has 246 valence electrons. The molecule has 1 heterocycles. The molecule has 4 aromatic rings. The number of aromatic nitrogens is 1. The summed E-state index contributed by atoms with van der Waals surface area (Å²) < 4.78 is 5.86. The molecule has 0 fully saturated rings. The van der Waals surface area contributed by atoms with Crippen molar-refractivity contribution in [3.8, 4) is 0 Å². The number of nitrogens with one attached hydrogen (secondary N) is 3. The number of aliphatic hydroxyl groups excluding tert-OH is 1. The molecule has 0 saturated carbocycles. The minimum atomic E-state index is -0.698. The Balaban J connectivity index is 1.45. The second-order valence-corrected chi connectivity index (χ2v) is 11.9. The first kappa shape index (κ1) is 34.9. The number of amides is 2. The predicted octanol–water partition coefficient (Wildman–Crippen LogP) is 5.48. The van der Waals surface area contributed by atoms with Crippen molar-refractivity contribution >= 4 is 28.7 Å². The van der Waals surface area contributed by atoms with E-state index in [9.17, 15) is 19.5 Å². The summed E-state index contributed by atoms with van der Waals surface area (Å²) in [5, 5.41) is 16.8. The molecular formula is C39H45N3O5. The largest absolute Gasteiger partial charge is 0.463 e. The van der Waals surface area contributed by atoms with Crippen molar-refractivity contribution in [3.63, 3.8) is 0 Å². The lowest BCUT2D eigenvalue weighted by molar-refractivity contribution is -0.149. The van der Waals surface area contributed by atoms with Gasteiger partial charge in [-0.3, -0.25) is 14.4 Å². The zero-order valence-corrected chi connectivity index (χ0v) is 26.8. The van der Waals surface area contributed by atoms with Gasteiger partial charge in [0.1, 0.15) is 6.61 Å². The lowest BCUT2D eigenvalue weighted by Gasteiger charge is -2.24. The number of aromatic amines is 1. The van der Waals surface area contributed by atoms with E-state index in [4.69, 9.17) is 4.74 Å². The third-order valence-corrected chi connectivity index (χ3v) is 8.19. The molecule has 8 nitrogen and oxygen atoms in total. The first-order valence-corrected chi connectivity index (χ1v) is 16.1. The van der Waals surface area contributed by atoms with Gasteiger partial charge in [0, 0.05) is 23.5 Å². The standard InChI is InChI=1S/C39H45N3O5/c1-3-13-30(24-37(44)41-33(26-43)22-29-17-9-6-10-18-29)38(45)42-34(23-32-25-40-36-20-12-11-19-35(32)36)27-47-39(46)31(14-4-2)21-28-15-7-5-8-16-28/h3-12,15-20,25,30-31,33-34,40,43H,1-2,13-14,21-24,26-27H2,(H,41,44)(H,42,45)/t30-,31-,33-,34-/m0/s1. The van der Waals surface area contributed by atoms with Gasteiger partial charge in [-0.05, 0) is 54.9 Å². The fourth-order valence-electron chi connectivity index (χ4n) is 5.75. The van der Waals surface area contributed by atoms with Crippen LogP contribution in [0.3, 0.4) is 0 Å². The molecule has 0 aliphatic heterocycles. The summed E-state index contributed by atoms with van der Waals surface area (Å²) in [6.07, 6.45) is 7.28. The van der Waals surface area contributed by atoms with Crippen molar-refractivity contribution in [2.45, 2.75) is 50.6 Å². The number of ether oxygens (including phenoxy) is 1. The Bertz CT molecular complexity index is 1600. The quantitative estimate of drug-likeness (QED) is 0.0804. The molecule has 0 aliphatic rings. The van der Waals surface area contributed by atoms with E-state index in [2.05, 4.69) is 28.8 Å². The number of aliphatic hydroxyl groups is 1. The summed E-state index contributed by atoms with van der Waals surface area (Å²) in [5.74, 6) is -2.14. The maximum Gasteiger partial charge on any atom is 0.309 e. The first-order valence-electron chi connectivity index (χ1n) is 16.1. The number of para-hydroxylation sites is 1. The van der Waals surface area contributed by atoms with E-state index in [0.29, 0.717) is 25.7 Å². The summed E-state index contributed by atoms with van der Waals surface area (Å²) in [5.41, 5.74) is 3.95. The maximum absolute atomic E-state index is 13.7. The van der Waals surface area contributed by atoms with E-state index >= 15 is 0 Å². The minimum absolute atomic E-state index is 0.0385. The molecule has 0 saturated heterocycles.